The van der Waals surface area contributed by atoms with Gasteiger partial charge in [0.15, 0.2) is 0 Å². The zero-order valence-electron chi connectivity index (χ0n) is 14.1. The molecular weight excluding hydrogens is 260 g/mol. The Labute approximate surface area is 129 Å². The van der Waals surface area contributed by atoms with Gasteiger partial charge >= 0.3 is 5.97 Å². The fraction of sp³-hybridized carbons (Fsp3) is 0.842. The molecule has 2 atom stereocenters. The molecule has 0 saturated heterocycles. The van der Waals surface area contributed by atoms with Crippen molar-refractivity contribution in [3.05, 3.63) is 12.7 Å². The number of carbonyl (C=O) groups excluding carboxylic acids is 1. The van der Waals surface area contributed by atoms with Gasteiger partial charge in [0.25, 0.3) is 0 Å². The Hall–Kier alpha value is -0.790. The van der Waals surface area contributed by atoms with E-state index >= 15 is 0 Å². The molecule has 0 radical (unpaired) electrons. The summed E-state index contributed by atoms with van der Waals surface area (Å²) in [6.07, 6.45) is 8.70. The average Bonchev–Trinajstić information content (AvgIpc) is 2.31. The number of ether oxygens (including phenoxy) is 1. The molecule has 2 heteroatoms. The van der Waals surface area contributed by atoms with E-state index in [1.165, 1.54) is 38.2 Å². The van der Waals surface area contributed by atoms with E-state index in [-0.39, 0.29) is 17.0 Å². The minimum absolute atomic E-state index is 0.178. The molecule has 0 heterocycles. The first kappa shape index (κ1) is 15.1. The first-order chi connectivity index (χ1) is 9.66. The quantitative estimate of drug-likeness (QED) is 0.554. The standard InChI is InChI=1S/C19H30O2/c1-6-16(20)21-19(12-17(2,3)4)14-7-13-8-15(19)11-18(5,9-13)10-14/h6,13-15H,1,7-12H2,2-5H3. The second-order valence-corrected chi connectivity index (χ2v) is 9.47. The predicted molar refractivity (Wildman–Crippen MR) is 84.8 cm³/mol. The van der Waals surface area contributed by atoms with E-state index in [0.717, 1.165) is 12.3 Å². The Morgan fingerprint density at radius 3 is 2.24 bits per heavy atom. The van der Waals surface area contributed by atoms with Crippen molar-refractivity contribution in [3.8, 4) is 0 Å². The molecule has 118 valence electrons. The lowest BCUT2D eigenvalue weighted by Gasteiger charge is -2.64. The lowest BCUT2D eigenvalue weighted by atomic mass is 9.43. The van der Waals surface area contributed by atoms with Gasteiger partial charge in [0, 0.05) is 6.08 Å². The van der Waals surface area contributed by atoms with E-state index in [0.29, 0.717) is 17.3 Å². The van der Waals surface area contributed by atoms with Crippen molar-refractivity contribution in [2.24, 2.45) is 28.6 Å². The summed E-state index contributed by atoms with van der Waals surface area (Å²) in [6, 6.07) is 0. The van der Waals surface area contributed by atoms with Crippen LogP contribution in [0.4, 0.5) is 0 Å². The SMILES string of the molecule is C=CC(=O)OC1(CC(C)(C)C)C2CC3CC1CC(C)(C3)C2. The van der Waals surface area contributed by atoms with Gasteiger partial charge in [-0.05, 0) is 67.1 Å². The fourth-order valence-corrected chi connectivity index (χ4v) is 6.00. The van der Waals surface area contributed by atoms with Crippen molar-refractivity contribution in [3.63, 3.8) is 0 Å². The summed E-state index contributed by atoms with van der Waals surface area (Å²) in [5, 5.41) is 0. The Morgan fingerprint density at radius 2 is 1.81 bits per heavy atom. The maximum atomic E-state index is 12.0. The van der Waals surface area contributed by atoms with Crippen molar-refractivity contribution < 1.29 is 9.53 Å². The normalized spacial score (nSPS) is 44.7. The third kappa shape index (κ3) is 2.55. The maximum Gasteiger partial charge on any atom is 0.330 e. The van der Waals surface area contributed by atoms with Crippen molar-refractivity contribution in [1.29, 1.82) is 0 Å². The van der Waals surface area contributed by atoms with Crippen LogP contribution in [0, 0.1) is 28.6 Å². The number of hydrogen-bond donors (Lipinski definition) is 0. The second kappa shape index (κ2) is 4.60. The van der Waals surface area contributed by atoms with Crippen LogP contribution >= 0.6 is 0 Å². The molecule has 0 aromatic heterocycles. The highest BCUT2D eigenvalue weighted by Crippen LogP contribution is 2.66. The smallest absolute Gasteiger partial charge is 0.330 e. The summed E-state index contributed by atoms with van der Waals surface area (Å²) >= 11 is 0. The molecule has 2 unspecified atom stereocenters. The molecule has 0 aromatic rings. The first-order valence-corrected chi connectivity index (χ1v) is 8.51. The molecular formula is C19H30O2. The van der Waals surface area contributed by atoms with Gasteiger partial charge in [0.2, 0.25) is 0 Å². The average molecular weight is 290 g/mol. The molecule has 4 aliphatic carbocycles. The molecule has 0 spiro atoms. The van der Waals surface area contributed by atoms with Gasteiger partial charge in [-0.3, -0.25) is 0 Å². The van der Waals surface area contributed by atoms with E-state index in [4.69, 9.17) is 4.74 Å². The molecule has 4 rings (SSSR count). The Morgan fingerprint density at radius 1 is 1.24 bits per heavy atom. The molecule has 4 bridgehead atoms. The summed E-state index contributed by atoms with van der Waals surface area (Å²) < 4.78 is 6.13. The predicted octanol–water partition coefficient (Wildman–Crippen LogP) is 4.74. The topological polar surface area (TPSA) is 26.3 Å². The van der Waals surface area contributed by atoms with E-state index in [1.807, 2.05) is 0 Å². The highest BCUT2D eigenvalue weighted by Gasteiger charge is 2.63. The van der Waals surface area contributed by atoms with Crippen molar-refractivity contribution in [2.45, 2.75) is 71.8 Å². The lowest BCUT2D eigenvalue weighted by Crippen LogP contribution is -2.63. The zero-order valence-corrected chi connectivity index (χ0v) is 14.1. The summed E-state index contributed by atoms with van der Waals surface area (Å²) in [5.41, 5.74) is 0.441. The molecule has 0 aromatic carbocycles. The van der Waals surface area contributed by atoms with Gasteiger partial charge in [-0.15, -0.1) is 0 Å². The van der Waals surface area contributed by atoms with Crippen LogP contribution in [0.3, 0.4) is 0 Å². The Kier molecular flexibility index (Phi) is 3.31. The minimum atomic E-state index is -0.236. The molecule has 4 aliphatic rings. The largest absolute Gasteiger partial charge is 0.455 e. The third-order valence-electron chi connectivity index (χ3n) is 6.14. The van der Waals surface area contributed by atoms with Crippen molar-refractivity contribution in [2.75, 3.05) is 0 Å². The molecule has 2 nitrogen and oxygen atoms in total. The first-order valence-electron chi connectivity index (χ1n) is 8.51. The van der Waals surface area contributed by atoms with Gasteiger partial charge in [-0.1, -0.05) is 34.3 Å². The zero-order chi connectivity index (χ0) is 15.5. The van der Waals surface area contributed by atoms with Gasteiger partial charge in [-0.25, -0.2) is 4.79 Å². The molecule has 4 fully saturated rings. The van der Waals surface area contributed by atoms with Crippen LogP contribution in [0.1, 0.15) is 66.2 Å². The number of rotatable bonds is 3. The summed E-state index contributed by atoms with van der Waals surface area (Å²) in [6.45, 7) is 12.9. The van der Waals surface area contributed by atoms with E-state index in [2.05, 4.69) is 34.3 Å². The monoisotopic (exact) mass is 290 g/mol. The van der Waals surface area contributed by atoms with Crippen molar-refractivity contribution >= 4 is 5.97 Å². The van der Waals surface area contributed by atoms with Crippen LogP contribution in [-0.2, 0) is 9.53 Å². The third-order valence-corrected chi connectivity index (χ3v) is 6.14. The molecule has 0 N–H and O–H groups in total. The van der Waals surface area contributed by atoms with Crippen LogP contribution in [-0.4, -0.2) is 11.6 Å². The lowest BCUT2D eigenvalue weighted by molar-refractivity contribution is -0.228. The van der Waals surface area contributed by atoms with Crippen LogP contribution in [0.25, 0.3) is 0 Å². The van der Waals surface area contributed by atoms with Gasteiger partial charge in [-0.2, -0.15) is 0 Å². The maximum absolute atomic E-state index is 12.0. The summed E-state index contributed by atoms with van der Waals surface area (Å²) in [4.78, 5) is 12.0. The highest BCUT2D eigenvalue weighted by molar-refractivity contribution is 5.81. The van der Waals surface area contributed by atoms with Crippen LogP contribution < -0.4 is 0 Å². The van der Waals surface area contributed by atoms with Crippen LogP contribution in [0.15, 0.2) is 12.7 Å². The Balaban J connectivity index is 1.96. The van der Waals surface area contributed by atoms with Gasteiger partial charge < -0.3 is 4.74 Å². The number of esters is 1. The van der Waals surface area contributed by atoms with Crippen LogP contribution in [0.2, 0.25) is 0 Å². The summed E-state index contributed by atoms with van der Waals surface area (Å²) in [5.74, 6) is 1.74. The van der Waals surface area contributed by atoms with E-state index < -0.39 is 0 Å². The van der Waals surface area contributed by atoms with Crippen molar-refractivity contribution in [1.82, 2.24) is 0 Å². The Bertz CT molecular complexity index is 441. The molecule has 0 aliphatic heterocycles. The second-order valence-electron chi connectivity index (χ2n) is 9.47. The highest BCUT2D eigenvalue weighted by atomic mass is 16.6. The molecule has 21 heavy (non-hydrogen) atoms. The minimum Gasteiger partial charge on any atom is -0.455 e. The fourth-order valence-electron chi connectivity index (χ4n) is 6.00. The van der Waals surface area contributed by atoms with Gasteiger partial charge in [0.05, 0.1) is 0 Å². The van der Waals surface area contributed by atoms with Crippen LogP contribution in [0.5, 0.6) is 0 Å². The molecule has 4 saturated carbocycles. The number of carbonyl (C=O) groups is 1. The molecule has 0 amide bonds. The van der Waals surface area contributed by atoms with E-state index in [9.17, 15) is 4.79 Å². The number of hydrogen-bond acceptors (Lipinski definition) is 2. The van der Waals surface area contributed by atoms with Gasteiger partial charge in [0.1, 0.15) is 5.60 Å². The van der Waals surface area contributed by atoms with E-state index in [1.54, 1.807) is 0 Å². The summed E-state index contributed by atoms with van der Waals surface area (Å²) in [7, 11) is 0.